The van der Waals surface area contributed by atoms with E-state index in [0.29, 0.717) is 64.8 Å². The lowest BCUT2D eigenvalue weighted by Gasteiger charge is -2.35. The summed E-state index contributed by atoms with van der Waals surface area (Å²) >= 11 is 0. The molecule has 0 radical (unpaired) electrons. The van der Waals surface area contributed by atoms with Crippen LogP contribution in [-0.4, -0.2) is 68.6 Å². The zero-order valence-corrected chi connectivity index (χ0v) is 19.7. The topological polar surface area (TPSA) is 120 Å². The van der Waals surface area contributed by atoms with Crippen molar-refractivity contribution in [2.45, 2.75) is 45.3 Å². The van der Waals surface area contributed by atoms with Crippen LogP contribution in [0.2, 0.25) is 0 Å². The highest BCUT2D eigenvalue weighted by atomic mass is 19.1. The van der Waals surface area contributed by atoms with E-state index in [-0.39, 0.29) is 18.4 Å². The molecule has 9 nitrogen and oxygen atoms in total. The van der Waals surface area contributed by atoms with Crippen LogP contribution in [0.4, 0.5) is 4.39 Å². The van der Waals surface area contributed by atoms with Gasteiger partial charge >= 0.3 is 0 Å². The lowest BCUT2D eigenvalue weighted by atomic mass is 10.0. The van der Waals surface area contributed by atoms with E-state index in [1.807, 2.05) is 0 Å². The second-order valence-electron chi connectivity index (χ2n) is 9.37. The molecule has 0 bridgehead atoms. The average molecular weight is 482 g/mol. The number of aliphatic hydroxyl groups is 1. The molecule has 10 heteroatoms. The van der Waals surface area contributed by atoms with Crippen LogP contribution in [0.25, 0.3) is 22.3 Å². The number of fused-ring (bicyclic) bond motifs is 1. The summed E-state index contributed by atoms with van der Waals surface area (Å²) in [6, 6.07) is 3.83. The van der Waals surface area contributed by atoms with Crippen molar-refractivity contribution in [2.24, 2.45) is 5.92 Å². The van der Waals surface area contributed by atoms with Gasteiger partial charge in [0, 0.05) is 31.3 Å². The second-order valence-corrected chi connectivity index (χ2v) is 9.37. The molecule has 1 unspecified atom stereocenters. The number of β-amino-alcohol motifs (C(OH)–C–C–N with tert-alkyl or cyclic N) is 1. The normalized spacial score (nSPS) is 20.2. The van der Waals surface area contributed by atoms with Crippen molar-refractivity contribution in [3.05, 3.63) is 41.6 Å². The number of benzene rings is 1. The minimum atomic E-state index is -0.870. The fourth-order valence-corrected chi connectivity index (χ4v) is 4.54. The third-order valence-corrected chi connectivity index (χ3v) is 6.71. The van der Waals surface area contributed by atoms with Crippen LogP contribution >= 0.6 is 0 Å². The zero-order chi connectivity index (χ0) is 24.7. The number of rotatable bonds is 6. The van der Waals surface area contributed by atoms with Crippen LogP contribution in [0, 0.1) is 18.7 Å². The summed E-state index contributed by atoms with van der Waals surface area (Å²) in [6.45, 7) is 4.40. The van der Waals surface area contributed by atoms with Gasteiger partial charge in [0.2, 0.25) is 5.91 Å². The van der Waals surface area contributed by atoms with Gasteiger partial charge in [-0.1, -0.05) is 0 Å². The fourth-order valence-electron chi connectivity index (χ4n) is 4.54. The smallest absolute Gasteiger partial charge is 0.255 e. The molecule has 5 rings (SSSR count). The van der Waals surface area contributed by atoms with E-state index >= 15 is 0 Å². The van der Waals surface area contributed by atoms with Crippen LogP contribution < -0.4 is 10.1 Å². The van der Waals surface area contributed by atoms with Crippen LogP contribution in [-0.2, 0) is 4.79 Å². The molecule has 184 valence electrons. The maximum Gasteiger partial charge on any atom is 0.255 e. The van der Waals surface area contributed by atoms with Crippen LogP contribution in [0.15, 0.2) is 24.5 Å². The molecule has 1 aliphatic heterocycles. The third kappa shape index (κ3) is 4.70. The summed E-state index contributed by atoms with van der Waals surface area (Å²) < 4.78 is 20.2. The van der Waals surface area contributed by atoms with Gasteiger partial charge in [-0.15, -0.1) is 0 Å². The standard InChI is InChI=1S/C25H28FN5O4/c1-13-21(25(34)30-18-7-8-31(14(2)32)10-19(18)33)23-24(29-13)22(27-12-28-23)17-9-16(26)5-6-20(17)35-11-15-3-4-15/h5-6,9,12,15,18-19,29,33H,3-4,7-8,10-11H2,1-2H3,(H,30,34)/t18?,19-/m1/s1. The molecule has 2 fully saturated rings. The van der Waals surface area contributed by atoms with Crippen LogP contribution in [0.5, 0.6) is 5.75 Å². The number of likely N-dealkylation sites (tertiary alicyclic amines) is 1. The van der Waals surface area contributed by atoms with Crippen molar-refractivity contribution < 1.29 is 23.8 Å². The Bertz CT molecular complexity index is 1290. The zero-order valence-electron chi connectivity index (χ0n) is 19.7. The van der Waals surface area contributed by atoms with E-state index in [0.717, 1.165) is 12.8 Å². The monoisotopic (exact) mass is 481 g/mol. The first-order valence-electron chi connectivity index (χ1n) is 11.8. The van der Waals surface area contributed by atoms with Crippen molar-refractivity contribution in [1.29, 1.82) is 0 Å². The quantitative estimate of drug-likeness (QED) is 0.498. The van der Waals surface area contributed by atoms with E-state index in [2.05, 4.69) is 20.3 Å². The summed E-state index contributed by atoms with van der Waals surface area (Å²) in [7, 11) is 0. The summed E-state index contributed by atoms with van der Waals surface area (Å²) in [5, 5.41) is 13.4. The lowest BCUT2D eigenvalue weighted by Crippen LogP contribution is -2.55. The predicted molar refractivity (Wildman–Crippen MR) is 126 cm³/mol. The van der Waals surface area contributed by atoms with Crippen molar-refractivity contribution in [3.8, 4) is 17.0 Å². The highest BCUT2D eigenvalue weighted by Gasteiger charge is 2.32. The van der Waals surface area contributed by atoms with Crippen molar-refractivity contribution in [2.75, 3.05) is 19.7 Å². The molecular weight excluding hydrogens is 453 g/mol. The predicted octanol–water partition coefficient (Wildman–Crippen LogP) is 2.57. The molecule has 1 aromatic carbocycles. The summed E-state index contributed by atoms with van der Waals surface area (Å²) in [4.78, 5) is 38.3. The summed E-state index contributed by atoms with van der Waals surface area (Å²) in [5.74, 6) is 0.139. The number of amides is 2. The number of ether oxygens (including phenoxy) is 1. The highest BCUT2D eigenvalue weighted by Crippen LogP contribution is 2.36. The number of aromatic amines is 1. The average Bonchev–Trinajstić information content (AvgIpc) is 3.59. The van der Waals surface area contributed by atoms with Crippen LogP contribution in [0.3, 0.4) is 0 Å². The number of aliphatic hydroxyl groups excluding tert-OH is 1. The number of carbonyl (C=O) groups is 2. The molecule has 3 heterocycles. The summed E-state index contributed by atoms with van der Waals surface area (Å²) in [6.07, 6.45) is 3.18. The lowest BCUT2D eigenvalue weighted by molar-refractivity contribution is -0.132. The van der Waals surface area contributed by atoms with E-state index in [1.54, 1.807) is 17.9 Å². The van der Waals surface area contributed by atoms with E-state index < -0.39 is 18.0 Å². The first kappa shape index (κ1) is 23.2. The first-order chi connectivity index (χ1) is 16.8. The number of nitrogens with one attached hydrogen (secondary N) is 2. The molecule has 2 atom stereocenters. The number of piperidine rings is 1. The van der Waals surface area contributed by atoms with Gasteiger partial charge < -0.3 is 25.0 Å². The molecule has 2 aliphatic rings. The maximum atomic E-state index is 14.2. The molecular formula is C25H28FN5O4. The maximum absolute atomic E-state index is 14.2. The Kier molecular flexibility index (Phi) is 6.14. The van der Waals surface area contributed by atoms with E-state index in [4.69, 9.17) is 4.74 Å². The number of H-pyrrole nitrogens is 1. The number of halogens is 1. The van der Waals surface area contributed by atoms with Crippen LogP contribution in [0.1, 0.15) is 42.2 Å². The molecule has 2 aromatic heterocycles. The Morgan fingerprint density at radius 3 is 2.80 bits per heavy atom. The number of aryl methyl sites for hydroxylation is 1. The van der Waals surface area contributed by atoms with Crippen molar-refractivity contribution >= 4 is 22.8 Å². The molecule has 3 N–H and O–H groups in total. The Morgan fingerprint density at radius 1 is 1.29 bits per heavy atom. The highest BCUT2D eigenvalue weighted by molar-refractivity contribution is 6.09. The van der Waals surface area contributed by atoms with Gasteiger partial charge in [0.1, 0.15) is 29.1 Å². The fraction of sp³-hybridized carbons (Fsp3) is 0.440. The van der Waals surface area contributed by atoms with Gasteiger partial charge in [0.25, 0.3) is 5.91 Å². The number of hydrogen-bond donors (Lipinski definition) is 3. The first-order valence-corrected chi connectivity index (χ1v) is 11.8. The molecule has 35 heavy (non-hydrogen) atoms. The third-order valence-electron chi connectivity index (χ3n) is 6.71. The van der Waals surface area contributed by atoms with Gasteiger partial charge in [-0.2, -0.15) is 0 Å². The van der Waals surface area contributed by atoms with Gasteiger partial charge in [-0.3, -0.25) is 9.59 Å². The Morgan fingerprint density at radius 2 is 2.09 bits per heavy atom. The SMILES string of the molecule is CC(=O)N1CCC(NC(=O)c2c(C)[nH]c3c(-c4cc(F)ccc4OCC4CC4)ncnc23)[C@H](O)C1. The number of carbonyl (C=O) groups excluding carboxylic acids is 2. The molecule has 1 saturated heterocycles. The number of nitrogens with zero attached hydrogens (tertiary/aromatic N) is 3. The van der Waals surface area contributed by atoms with E-state index in [9.17, 15) is 19.1 Å². The molecule has 1 saturated carbocycles. The van der Waals surface area contributed by atoms with Crippen molar-refractivity contribution in [1.82, 2.24) is 25.2 Å². The minimum Gasteiger partial charge on any atom is -0.493 e. The molecule has 0 spiro atoms. The summed E-state index contributed by atoms with van der Waals surface area (Å²) in [5.41, 5.74) is 2.74. The Labute approximate surface area is 201 Å². The van der Waals surface area contributed by atoms with Gasteiger partial charge in [0.15, 0.2) is 0 Å². The molecule has 3 aromatic rings. The van der Waals surface area contributed by atoms with E-state index in [1.165, 1.54) is 25.4 Å². The van der Waals surface area contributed by atoms with Gasteiger partial charge in [-0.25, -0.2) is 14.4 Å². The molecule has 1 aliphatic carbocycles. The second kappa shape index (κ2) is 9.26. The number of aromatic nitrogens is 3. The minimum absolute atomic E-state index is 0.108. The number of hydrogen-bond acceptors (Lipinski definition) is 6. The Hall–Kier alpha value is -3.53. The Balaban J connectivity index is 1.45. The van der Waals surface area contributed by atoms with Gasteiger partial charge in [0.05, 0.1) is 29.8 Å². The molecule has 2 amide bonds. The van der Waals surface area contributed by atoms with Gasteiger partial charge in [-0.05, 0) is 50.3 Å². The van der Waals surface area contributed by atoms with Crippen molar-refractivity contribution in [3.63, 3.8) is 0 Å². The largest absolute Gasteiger partial charge is 0.493 e.